The number of esters is 1. The molecular weight excluding hydrogens is 541 g/mol. The number of aliphatic hydroxyl groups excluding tert-OH is 3. The van der Waals surface area contributed by atoms with Gasteiger partial charge in [0.15, 0.2) is 0 Å². The molecule has 234 valence electrons. The van der Waals surface area contributed by atoms with Gasteiger partial charge in [0.1, 0.15) is 12.6 Å². The Kier molecular flexibility index (Phi) is 91.0. The van der Waals surface area contributed by atoms with Crippen LogP contribution in [0.4, 0.5) is 0 Å². The molecular formula is C24H57KN5O9-. The zero-order chi connectivity index (χ0) is 31.8. The van der Waals surface area contributed by atoms with Crippen molar-refractivity contribution in [3.05, 3.63) is 13.5 Å². The van der Waals surface area contributed by atoms with E-state index >= 15 is 0 Å². The SMILES string of the molecule is CC.CC.CC.CC(NC(=O)[CH-]NC(O)CCCNC(=O)CN)C(=O)OCCO.CO.O=CO.[CH2-]CCN.[K+]. The van der Waals surface area contributed by atoms with E-state index in [-0.39, 0.29) is 83.5 Å². The van der Waals surface area contributed by atoms with E-state index in [1.54, 1.807) is 0 Å². The van der Waals surface area contributed by atoms with Crippen molar-refractivity contribution in [1.82, 2.24) is 16.0 Å². The molecule has 2 unspecified atom stereocenters. The third-order valence-electron chi connectivity index (χ3n) is 2.82. The molecule has 39 heavy (non-hydrogen) atoms. The van der Waals surface area contributed by atoms with Crippen LogP contribution in [0.3, 0.4) is 0 Å². The molecule has 0 saturated heterocycles. The van der Waals surface area contributed by atoms with Gasteiger partial charge in [-0.15, -0.1) is 0 Å². The normalized spacial score (nSPS) is 9.28. The number of hydrogen-bond acceptors (Lipinski definition) is 11. The molecule has 0 radical (unpaired) electrons. The maximum absolute atomic E-state index is 11.5. The Hall–Kier alpha value is -0.854. The molecule has 0 saturated carbocycles. The number of rotatable bonds is 13. The van der Waals surface area contributed by atoms with E-state index in [9.17, 15) is 19.5 Å². The van der Waals surface area contributed by atoms with Gasteiger partial charge in [0.2, 0.25) is 5.91 Å². The largest absolute Gasteiger partial charge is 1.00 e. The first-order chi connectivity index (χ1) is 18.2. The number of amides is 2. The van der Waals surface area contributed by atoms with Crippen LogP contribution in [-0.2, 0) is 23.9 Å². The van der Waals surface area contributed by atoms with Gasteiger partial charge in [-0.2, -0.15) is 6.42 Å². The Bertz CT molecular complexity index is 466. The van der Waals surface area contributed by atoms with E-state index in [0.29, 0.717) is 25.9 Å². The van der Waals surface area contributed by atoms with Crippen molar-refractivity contribution in [3.63, 3.8) is 0 Å². The van der Waals surface area contributed by atoms with Crippen molar-refractivity contribution in [2.45, 2.75) is 80.0 Å². The summed E-state index contributed by atoms with van der Waals surface area (Å²) in [5.74, 6) is -1.55. The van der Waals surface area contributed by atoms with Gasteiger partial charge >= 0.3 is 57.4 Å². The minimum Gasteiger partial charge on any atom is -0.483 e. The van der Waals surface area contributed by atoms with E-state index in [0.717, 1.165) is 20.1 Å². The second-order valence-electron chi connectivity index (χ2n) is 5.39. The van der Waals surface area contributed by atoms with Crippen molar-refractivity contribution in [1.29, 1.82) is 0 Å². The summed E-state index contributed by atoms with van der Waals surface area (Å²) in [6.07, 6.45) is 0.689. The summed E-state index contributed by atoms with van der Waals surface area (Å²) in [5, 5.41) is 39.4. The minimum atomic E-state index is -0.966. The van der Waals surface area contributed by atoms with E-state index in [1.165, 1.54) is 6.92 Å². The Morgan fingerprint density at radius 3 is 1.87 bits per heavy atom. The number of carbonyl (C=O) groups is 4. The van der Waals surface area contributed by atoms with Crippen LogP contribution in [0.25, 0.3) is 0 Å². The molecule has 11 N–H and O–H groups in total. The predicted molar refractivity (Wildman–Crippen MR) is 150 cm³/mol. The van der Waals surface area contributed by atoms with Gasteiger partial charge < -0.3 is 64.3 Å². The summed E-state index contributed by atoms with van der Waals surface area (Å²) < 4.78 is 4.64. The zero-order valence-electron chi connectivity index (χ0n) is 25.7. The summed E-state index contributed by atoms with van der Waals surface area (Å²) in [6.45, 7) is 18.2. The monoisotopic (exact) mass is 598 g/mol. The zero-order valence-corrected chi connectivity index (χ0v) is 28.8. The van der Waals surface area contributed by atoms with Crippen LogP contribution >= 0.6 is 0 Å². The first kappa shape index (κ1) is 57.9. The molecule has 0 aromatic carbocycles. The van der Waals surface area contributed by atoms with Crippen molar-refractivity contribution in [3.8, 4) is 0 Å². The van der Waals surface area contributed by atoms with Crippen LogP contribution in [0.2, 0.25) is 0 Å². The molecule has 0 aromatic heterocycles. The maximum atomic E-state index is 11.5. The third-order valence-corrected chi connectivity index (χ3v) is 2.82. The summed E-state index contributed by atoms with van der Waals surface area (Å²) in [4.78, 5) is 42.1. The molecule has 14 nitrogen and oxygen atoms in total. The quantitative estimate of drug-likeness (QED) is 0.0250. The summed E-state index contributed by atoms with van der Waals surface area (Å²) in [5.41, 5.74) is 10.1. The van der Waals surface area contributed by atoms with Crippen LogP contribution in [-0.4, -0.2) is 96.9 Å². The van der Waals surface area contributed by atoms with Gasteiger partial charge in [-0.1, -0.05) is 41.5 Å². The number of nitrogens with two attached hydrogens (primary N) is 2. The van der Waals surface area contributed by atoms with Crippen LogP contribution < -0.4 is 78.8 Å². The van der Waals surface area contributed by atoms with Gasteiger partial charge in [0, 0.05) is 13.7 Å². The van der Waals surface area contributed by atoms with Gasteiger partial charge in [-0.05, 0) is 26.3 Å². The number of carboxylic acid groups (broad SMARTS) is 1. The fourth-order valence-corrected chi connectivity index (χ4v) is 1.44. The van der Waals surface area contributed by atoms with Gasteiger partial charge in [-0.25, -0.2) is 11.3 Å². The van der Waals surface area contributed by atoms with E-state index in [2.05, 4.69) is 27.6 Å². The average Bonchev–Trinajstić information content (AvgIpc) is 2.97. The number of aliphatic hydroxyl groups is 3. The molecule has 0 aliphatic carbocycles. The van der Waals surface area contributed by atoms with Crippen molar-refractivity contribution in [2.75, 3.05) is 40.0 Å². The number of hydrogen-bond donors (Lipinski definition) is 9. The van der Waals surface area contributed by atoms with E-state index in [4.69, 9.17) is 31.6 Å². The summed E-state index contributed by atoms with van der Waals surface area (Å²) in [6, 6.07) is -0.879. The number of carbonyl (C=O) groups excluding carboxylic acids is 3. The Balaban J connectivity index is -0.0000000839. The molecule has 0 bridgehead atoms. The maximum Gasteiger partial charge on any atom is 1.00 e. The second kappa shape index (κ2) is 61.3. The van der Waals surface area contributed by atoms with Crippen molar-refractivity contribution in [2.24, 2.45) is 11.5 Å². The minimum absolute atomic E-state index is 0. The topological polar surface area (TPSA) is 247 Å². The van der Waals surface area contributed by atoms with Crippen molar-refractivity contribution >= 4 is 24.3 Å². The predicted octanol–water partition coefficient (Wildman–Crippen LogP) is -3.49. The molecule has 0 heterocycles. The molecule has 0 fully saturated rings. The van der Waals surface area contributed by atoms with Crippen LogP contribution in [0.5, 0.6) is 0 Å². The fraction of sp³-hybridized carbons (Fsp3) is 0.750. The smallest absolute Gasteiger partial charge is 0.483 e. The Morgan fingerprint density at radius 1 is 1.08 bits per heavy atom. The molecule has 0 aromatic rings. The van der Waals surface area contributed by atoms with Crippen LogP contribution in [0.15, 0.2) is 0 Å². The molecule has 0 aliphatic rings. The average molecular weight is 599 g/mol. The third kappa shape index (κ3) is 67.1. The van der Waals surface area contributed by atoms with Crippen LogP contribution in [0, 0.1) is 13.5 Å². The molecule has 0 rings (SSSR count). The Morgan fingerprint density at radius 2 is 1.51 bits per heavy atom. The second-order valence-corrected chi connectivity index (χ2v) is 5.39. The first-order valence-corrected chi connectivity index (χ1v) is 12.6. The molecule has 0 spiro atoms. The van der Waals surface area contributed by atoms with Gasteiger partial charge in [0.05, 0.1) is 25.3 Å². The fourth-order valence-electron chi connectivity index (χ4n) is 1.44. The van der Waals surface area contributed by atoms with E-state index in [1.807, 2.05) is 41.5 Å². The molecule has 15 heteroatoms. The summed E-state index contributed by atoms with van der Waals surface area (Å²) in [7, 11) is 1.00. The number of ether oxygens (including phenoxy) is 1. The summed E-state index contributed by atoms with van der Waals surface area (Å²) >= 11 is 0. The van der Waals surface area contributed by atoms with Gasteiger partial charge in [0.25, 0.3) is 6.47 Å². The first-order valence-electron chi connectivity index (χ1n) is 12.6. The standard InChI is InChI=1S/C13H25N4O6.C3H8N.3C2H6.CH2O2.CH4O.K/c1-9(13(22)23-6-5-18)17-12(21)8-16-10(19)3-2-4-15-11(20)7-14;1-2-3-4;3*1-2;2-1-3;1-2;/h8-10,16,18-19H,2-7,14H2,1H3,(H,15,20)(H,17,21);1-4H2;3*1-2H3;1H,(H,2,3);2H,1H3;/q2*-1;;;;;;+1. The Labute approximate surface area is 278 Å². The molecule has 2 amide bonds. The molecule has 0 aliphatic heterocycles. The van der Waals surface area contributed by atoms with Gasteiger partial charge in [-0.3, -0.25) is 9.59 Å². The van der Waals surface area contributed by atoms with E-state index < -0.39 is 24.1 Å². The van der Waals surface area contributed by atoms with Crippen LogP contribution in [0.1, 0.15) is 67.7 Å². The molecule has 2 atom stereocenters. The van der Waals surface area contributed by atoms with Crippen molar-refractivity contribution < 1.29 is 95.7 Å². The number of nitrogens with one attached hydrogen (secondary N) is 3.